The summed E-state index contributed by atoms with van der Waals surface area (Å²) in [6.07, 6.45) is 2.21. The molecule has 3 atom stereocenters. The number of carbonyl (C=O) groups excluding carboxylic acids is 2. The Labute approximate surface area is 242 Å². The van der Waals surface area contributed by atoms with Gasteiger partial charge in [-0.05, 0) is 55.2 Å². The summed E-state index contributed by atoms with van der Waals surface area (Å²) in [5, 5.41) is 10.5. The van der Waals surface area contributed by atoms with E-state index < -0.39 is 17.9 Å². The monoisotopic (exact) mass is 566 g/mol. The molecular formula is C31H42N4O6. The summed E-state index contributed by atoms with van der Waals surface area (Å²) in [6, 6.07) is 12.8. The fraction of sp³-hybridized carbons (Fsp3) is 0.516. The molecule has 1 fully saturated rings. The largest absolute Gasteiger partial charge is 0.481 e. The van der Waals surface area contributed by atoms with Gasteiger partial charge in [0.25, 0.3) is 0 Å². The van der Waals surface area contributed by atoms with Crippen molar-refractivity contribution in [2.24, 2.45) is 11.7 Å². The normalized spacial score (nSPS) is 19.8. The maximum atomic E-state index is 13.9. The molecule has 2 aliphatic rings. The second kappa shape index (κ2) is 13.8. The molecular weight excluding hydrogens is 524 g/mol. The molecule has 222 valence electrons. The lowest BCUT2D eigenvalue weighted by atomic mass is 9.84. The van der Waals surface area contributed by atoms with Crippen molar-refractivity contribution in [3.05, 3.63) is 53.6 Å². The Morgan fingerprint density at radius 3 is 2.54 bits per heavy atom. The first-order valence-electron chi connectivity index (χ1n) is 14.5. The van der Waals surface area contributed by atoms with Gasteiger partial charge in [0.15, 0.2) is 11.5 Å². The van der Waals surface area contributed by atoms with Crippen molar-refractivity contribution < 1.29 is 29.0 Å². The van der Waals surface area contributed by atoms with Gasteiger partial charge < -0.3 is 30.1 Å². The van der Waals surface area contributed by atoms with Crippen molar-refractivity contribution in [3.63, 3.8) is 0 Å². The van der Waals surface area contributed by atoms with Crippen LogP contribution in [-0.4, -0.2) is 78.2 Å². The van der Waals surface area contributed by atoms with Crippen LogP contribution in [-0.2, 0) is 20.9 Å². The molecule has 4 rings (SSSR count). The average Bonchev–Trinajstić information content (AvgIpc) is 3.58. The zero-order valence-electron chi connectivity index (χ0n) is 24.3. The number of amides is 2. The molecule has 10 nitrogen and oxygen atoms in total. The molecule has 3 N–H and O–H groups in total. The zero-order chi connectivity index (χ0) is 29.5. The topological polar surface area (TPSA) is 126 Å². The van der Waals surface area contributed by atoms with E-state index in [9.17, 15) is 19.5 Å². The Morgan fingerprint density at radius 1 is 1.07 bits per heavy atom. The summed E-state index contributed by atoms with van der Waals surface area (Å²) in [7, 11) is 0. The number of aliphatic carboxylic acids is 1. The highest BCUT2D eigenvalue weighted by Gasteiger charge is 2.47. The van der Waals surface area contributed by atoms with Gasteiger partial charge in [0.05, 0.1) is 12.5 Å². The lowest BCUT2D eigenvalue weighted by Gasteiger charge is -2.31. The summed E-state index contributed by atoms with van der Waals surface area (Å²) in [5.74, 6) is -0.970. The number of hydrogen-bond acceptors (Lipinski definition) is 7. The SMILES string of the molecule is CCCCN(C(=O)CN1C[C@H](c2ccc3c(c2)OCO3)[C@@H](C(=O)O)[C@@H]1CCN(CC)C(C)=O)c1cccc(CN)c1. The van der Waals surface area contributed by atoms with Crippen molar-refractivity contribution in [2.45, 2.75) is 58.5 Å². The first-order chi connectivity index (χ1) is 19.8. The summed E-state index contributed by atoms with van der Waals surface area (Å²) < 4.78 is 11.0. The summed E-state index contributed by atoms with van der Waals surface area (Å²) in [4.78, 5) is 44.4. The number of unbranched alkanes of at least 4 members (excludes halogenated alkanes) is 1. The minimum atomic E-state index is -0.919. The minimum absolute atomic E-state index is 0.0576. The van der Waals surface area contributed by atoms with Crippen LogP contribution in [0.3, 0.4) is 0 Å². The van der Waals surface area contributed by atoms with E-state index in [1.165, 1.54) is 6.92 Å². The molecule has 0 spiro atoms. The van der Waals surface area contributed by atoms with Crippen LogP contribution in [0.4, 0.5) is 5.69 Å². The van der Waals surface area contributed by atoms with Crippen LogP contribution in [0.15, 0.2) is 42.5 Å². The summed E-state index contributed by atoms with van der Waals surface area (Å²) in [6.45, 7) is 7.98. The average molecular weight is 567 g/mol. The molecule has 2 aromatic carbocycles. The van der Waals surface area contributed by atoms with E-state index >= 15 is 0 Å². The fourth-order valence-corrected chi connectivity index (χ4v) is 5.98. The van der Waals surface area contributed by atoms with Crippen molar-refractivity contribution >= 4 is 23.5 Å². The van der Waals surface area contributed by atoms with Crippen LogP contribution in [0.2, 0.25) is 0 Å². The number of likely N-dealkylation sites (tertiary alicyclic amines) is 1. The van der Waals surface area contributed by atoms with E-state index in [0.717, 1.165) is 29.7 Å². The van der Waals surface area contributed by atoms with Crippen LogP contribution < -0.4 is 20.1 Å². The number of nitrogens with zero attached hydrogens (tertiary/aromatic N) is 3. The molecule has 2 aliphatic heterocycles. The molecule has 2 amide bonds. The number of fused-ring (bicyclic) bond motifs is 1. The summed E-state index contributed by atoms with van der Waals surface area (Å²) in [5.41, 5.74) is 8.43. The maximum absolute atomic E-state index is 13.9. The van der Waals surface area contributed by atoms with Gasteiger partial charge in [-0.3, -0.25) is 19.3 Å². The molecule has 0 aromatic heterocycles. The Morgan fingerprint density at radius 2 is 1.85 bits per heavy atom. The molecule has 2 aromatic rings. The van der Waals surface area contributed by atoms with Crippen LogP contribution in [0, 0.1) is 5.92 Å². The van der Waals surface area contributed by atoms with Crippen molar-refractivity contribution in [1.29, 1.82) is 0 Å². The van der Waals surface area contributed by atoms with Gasteiger partial charge in [0, 0.05) is 57.3 Å². The number of carboxylic acid groups (broad SMARTS) is 1. The number of anilines is 1. The van der Waals surface area contributed by atoms with Gasteiger partial charge in [0.1, 0.15) is 0 Å². The van der Waals surface area contributed by atoms with Gasteiger partial charge >= 0.3 is 5.97 Å². The molecule has 1 saturated heterocycles. The molecule has 0 unspecified atom stereocenters. The number of carboxylic acids is 1. The molecule has 2 heterocycles. The third kappa shape index (κ3) is 7.00. The predicted octanol–water partition coefficient (Wildman–Crippen LogP) is 3.43. The van der Waals surface area contributed by atoms with Gasteiger partial charge in [-0.15, -0.1) is 0 Å². The Balaban J connectivity index is 1.65. The van der Waals surface area contributed by atoms with Gasteiger partial charge in [-0.1, -0.05) is 31.5 Å². The number of nitrogens with two attached hydrogens (primary N) is 1. The second-order valence-electron chi connectivity index (χ2n) is 10.7. The van der Waals surface area contributed by atoms with E-state index in [0.29, 0.717) is 50.6 Å². The van der Waals surface area contributed by atoms with E-state index in [2.05, 4.69) is 6.92 Å². The fourth-order valence-electron chi connectivity index (χ4n) is 5.98. The van der Waals surface area contributed by atoms with Crippen LogP contribution in [0.1, 0.15) is 57.1 Å². The Bertz CT molecular complexity index is 1240. The number of rotatable bonds is 13. The zero-order valence-corrected chi connectivity index (χ0v) is 24.3. The highest BCUT2D eigenvalue weighted by Crippen LogP contribution is 2.42. The van der Waals surface area contributed by atoms with Crippen LogP contribution in [0.25, 0.3) is 0 Å². The smallest absolute Gasteiger partial charge is 0.308 e. The number of hydrogen-bond donors (Lipinski definition) is 2. The third-order valence-corrected chi connectivity index (χ3v) is 8.21. The third-order valence-electron chi connectivity index (χ3n) is 8.21. The lowest BCUT2D eigenvalue weighted by Crippen LogP contribution is -2.46. The van der Waals surface area contributed by atoms with Crippen molar-refractivity contribution in [3.8, 4) is 11.5 Å². The molecule has 0 saturated carbocycles. The predicted molar refractivity (Wildman–Crippen MR) is 156 cm³/mol. The minimum Gasteiger partial charge on any atom is -0.481 e. The van der Waals surface area contributed by atoms with Crippen LogP contribution >= 0.6 is 0 Å². The summed E-state index contributed by atoms with van der Waals surface area (Å²) >= 11 is 0. The maximum Gasteiger partial charge on any atom is 0.308 e. The van der Waals surface area contributed by atoms with E-state index in [1.807, 2.05) is 54.3 Å². The molecule has 10 heteroatoms. The Kier molecular flexibility index (Phi) is 10.2. The quantitative estimate of drug-likeness (QED) is 0.378. The van der Waals surface area contributed by atoms with Crippen molar-refractivity contribution in [2.75, 3.05) is 44.4 Å². The standard InChI is InChI=1S/C31H42N4O6/c1-4-6-13-35(24-9-7-8-22(15-24)17-32)29(37)19-34-18-25(23-10-11-27-28(16-23)41-20-40-27)30(31(38)39)26(34)12-14-33(5-2)21(3)36/h7-11,15-16,25-26,30H,4-6,12-14,17-20,32H2,1-3H3,(H,38,39)/t25-,26+,30-/m1/s1. The van der Waals surface area contributed by atoms with Crippen molar-refractivity contribution in [1.82, 2.24) is 9.80 Å². The highest BCUT2D eigenvalue weighted by atomic mass is 16.7. The molecule has 0 bridgehead atoms. The van der Waals surface area contributed by atoms with Gasteiger partial charge in [-0.25, -0.2) is 0 Å². The van der Waals surface area contributed by atoms with Gasteiger partial charge in [-0.2, -0.15) is 0 Å². The van der Waals surface area contributed by atoms with E-state index in [1.54, 1.807) is 9.80 Å². The molecule has 41 heavy (non-hydrogen) atoms. The number of benzene rings is 2. The van der Waals surface area contributed by atoms with E-state index in [4.69, 9.17) is 15.2 Å². The van der Waals surface area contributed by atoms with E-state index in [-0.39, 0.29) is 31.1 Å². The second-order valence-corrected chi connectivity index (χ2v) is 10.7. The van der Waals surface area contributed by atoms with Gasteiger partial charge in [0.2, 0.25) is 18.6 Å². The molecule has 0 radical (unpaired) electrons. The van der Waals surface area contributed by atoms with Crippen LogP contribution in [0.5, 0.6) is 11.5 Å². The lowest BCUT2D eigenvalue weighted by molar-refractivity contribution is -0.143. The highest BCUT2D eigenvalue weighted by molar-refractivity contribution is 5.95. The Hall–Kier alpha value is -3.63. The number of ether oxygens (including phenoxy) is 2. The molecule has 0 aliphatic carbocycles. The number of carbonyl (C=O) groups is 3. The first kappa shape index (κ1) is 30.3. The first-order valence-corrected chi connectivity index (χ1v) is 14.5.